The summed E-state index contributed by atoms with van der Waals surface area (Å²) in [6.07, 6.45) is 0. The molecule has 0 amide bonds. The molecule has 0 radical (unpaired) electrons. The van der Waals surface area contributed by atoms with Crippen molar-refractivity contribution in [3.63, 3.8) is 0 Å². The molecule has 2 rings (SSSR count). The summed E-state index contributed by atoms with van der Waals surface area (Å²) >= 11 is 8.20. The van der Waals surface area contributed by atoms with E-state index in [4.69, 9.17) is 4.74 Å². The van der Waals surface area contributed by atoms with Crippen molar-refractivity contribution in [3.05, 3.63) is 55.1 Å². The quantitative estimate of drug-likeness (QED) is 0.694. The van der Waals surface area contributed by atoms with E-state index in [9.17, 15) is 4.79 Å². The van der Waals surface area contributed by atoms with Crippen molar-refractivity contribution in [1.29, 1.82) is 0 Å². The van der Waals surface area contributed by atoms with Gasteiger partial charge in [-0.3, -0.25) is 4.79 Å². The van der Waals surface area contributed by atoms with Crippen molar-refractivity contribution < 1.29 is 9.53 Å². The van der Waals surface area contributed by atoms with E-state index in [1.165, 1.54) is 11.3 Å². The molecular formula is C13H10Br2O2S. The monoisotopic (exact) mass is 388 g/mol. The van der Waals surface area contributed by atoms with Gasteiger partial charge < -0.3 is 4.74 Å². The first-order valence-corrected chi connectivity index (χ1v) is 7.67. The first-order chi connectivity index (χ1) is 8.66. The van der Waals surface area contributed by atoms with Crippen molar-refractivity contribution in [2.45, 2.75) is 6.61 Å². The van der Waals surface area contributed by atoms with Crippen LogP contribution in [-0.4, -0.2) is 12.4 Å². The van der Waals surface area contributed by atoms with E-state index in [0.29, 0.717) is 11.5 Å². The SMILES string of the molecule is O=C(COCc1ccccc1Br)c1ccc(Br)s1. The van der Waals surface area contributed by atoms with Gasteiger partial charge in [-0.05, 0) is 39.7 Å². The van der Waals surface area contributed by atoms with E-state index in [0.717, 1.165) is 13.8 Å². The topological polar surface area (TPSA) is 26.3 Å². The molecular weight excluding hydrogens is 380 g/mol. The molecule has 0 aliphatic heterocycles. The molecule has 0 aliphatic rings. The van der Waals surface area contributed by atoms with E-state index in [2.05, 4.69) is 31.9 Å². The zero-order chi connectivity index (χ0) is 13.0. The normalized spacial score (nSPS) is 10.6. The van der Waals surface area contributed by atoms with Gasteiger partial charge in [0.15, 0.2) is 5.78 Å². The lowest BCUT2D eigenvalue weighted by atomic mass is 10.2. The minimum atomic E-state index is 0.0118. The number of ketones is 1. The molecule has 5 heteroatoms. The lowest BCUT2D eigenvalue weighted by Gasteiger charge is -2.04. The lowest BCUT2D eigenvalue weighted by molar-refractivity contribution is 0.0729. The molecule has 0 saturated heterocycles. The number of hydrogen-bond acceptors (Lipinski definition) is 3. The summed E-state index contributed by atoms with van der Waals surface area (Å²) in [5, 5.41) is 0. The maximum atomic E-state index is 11.8. The van der Waals surface area contributed by atoms with Gasteiger partial charge in [-0.25, -0.2) is 0 Å². The van der Waals surface area contributed by atoms with Crippen LogP contribution in [0.2, 0.25) is 0 Å². The summed E-state index contributed by atoms with van der Waals surface area (Å²) < 4.78 is 7.39. The van der Waals surface area contributed by atoms with Crippen LogP contribution in [0, 0.1) is 0 Å². The first kappa shape index (κ1) is 13.9. The van der Waals surface area contributed by atoms with Crippen LogP contribution in [0.4, 0.5) is 0 Å². The molecule has 0 aliphatic carbocycles. The average molecular weight is 390 g/mol. The molecule has 1 aromatic heterocycles. The third-order valence-electron chi connectivity index (χ3n) is 2.30. The average Bonchev–Trinajstić information content (AvgIpc) is 2.78. The molecule has 0 spiro atoms. The van der Waals surface area contributed by atoms with Crippen molar-refractivity contribution in [1.82, 2.24) is 0 Å². The molecule has 0 unspecified atom stereocenters. The predicted molar refractivity (Wildman–Crippen MR) is 80.1 cm³/mol. The highest BCUT2D eigenvalue weighted by atomic mass is 79.9. The summed E-state index contributed by atoms with van der Waals surface area (Å²) in [7, 11) is 0. The summed E-state index contributed by atoms with van der Waals surface area (Å²) in [5.74, 6) is 0.0118. The van der Waals surface area contributed by atoms with E-state index < -0.39 is 0 Å². The van der Waals surface area contributed by atoms with Crippen molar-refractivity contribution in [3.8, 4) is 0 Å². The molecule has 0 atom stereocenters. The van der Waals surface area contributed by atoms with Crippen LogP contribution in [0.1, 0.15) is 15.2 Å². The van der Waals surface area contributed by atoms with Crippen molar-refractivity contribution in [2.75, 3.05) is 6.61 Å². The minimum absolute atomic E-state index is 0.0118. The van der Waals surface area contributed by atoms with Crippen LogP contribution in [0.5, 0.6) is 0 Å². The number of benzene rings is 1. The highest BCUT2D eigenvalue weighted by Crippen LogP contribution is 2.22. The summed E-state index contributed by atoms with van der Waals surface area (Å²) in [4.78, 5) is 12.5. The molecule has 18 heavy (non-hydrogen) atoms. The van der Waals surface area contributed by atoms with Crippen LogP contribution in [0.25, 0.3) is 0 Å². The Morgan fingerprint density at radius 3 is 2.61 bits per heavy atom. The number of carbonyl (C=O) groups is 1. The zero-order valence-electron chi connectivity index (χ0n) is 9.36. The Hall–Kier alpha value is -0.490. The van der Waals surface area contributed by atoms with Crippen LogP contribution >= 0.6 is 43.2 Å². The highest BCUT2D eigenvalue weighted by Gasteiger charge is 2.09. The maximum absolute atomic E-state index is 11.8. The van der Waals surface area contributed by atoms with Crippen LogP contribution in [0.3, 0.4) is 0 Å². The Morgan fingerprint density at radius 2 is 1.94 bits per heavy atom. The van der Waals surface area contributed by atoms with Crippen molar-refractivity contribution in [2.24, 2.45) is 0 Å². The Labute approximate surface area is 126 Å². The van der Waals surface area contributed by atoms with Gasteiger partial charge in [0, 0.05) is 4.47 Å². The van der Waals surface area contributed by atoms with Gasteiger partial charge in [0.25, 0.3) is 0 Å². The number of Topliss-reactive ketones (excluding diaryl/α,β-unsaturated/α-hetero) is 1. The highest BCUT2D eigenvalue weighted by molar-refractivity contribution is 9.11. The summed E-state index contributed by atoms with van der Waals surface area (Å²) in [5.41, 5.74) is 1.04. The number of hydrogen-bond donors (Lipinski definition) is 0. The molecule has 1 heterocycles. The third kappa shape index (κ3) is 3.75. The molecule has 0 bridgehead atoms. The second kappa shape index (κ2) is 6.61. The smallest absolute Gasteiger partial charge is 0.198 e. The van der Waals surface area contributed by atoms with Gasteiger partial charge in [-0.2, -0.15) is 0 Å². The fourth-order valence-corrected chi connectivity index (χ4v) is 3.11. The molecule has 0 N–H and O–H groups in total. The fourth-order valence-electron chi connectivity index (χ4n) is 1.40. The standard InChI is InChI=1S/C13H10Br2O2S/c14-10-4-2-1-3-9(10)7-17-8-11(16)12-5-6-13(15)18-12/h1-6H,7-8H2. The largest absolute Gasteiger partial charge is 0.369 e. The van der Waals surface area contributed by atoms with Gasteiger partial charge in [-0.1, -0.05) is 34.1 Å². The summed E-state index contributed by atoms with van der Waals surface area (Å²) in [6, 6.07) is 11.5. The van der Waals surface area contributed by atoms with Gasteiger partial charge in [-0.15, -0.1) is 11.3 Å². The third-order valence-corrected chi connectivity index (χ3v) is 4.73. The Kier molecular flexibility index (Phi) is 5.12. The van der Waals surface area contributed by atoms with Gasteiger partial charge in [0.05, 0.1) is 15.3 Å². The van der Waals surface area contributed by atoms with Gasteiger partial charge in [0.2, 0.25) is 0 Å². The van der Waals surface area contributed by atoms with Gasteiger partial charge in [0.1, 0.15) is 6.61 Å². The molecule has 94 valence electrons. The maximum Gasteiger partial charge on any atom is 0.198 e. The summed E-state index contributed by atoms with van der Waals surface area (Å²) in [6.45, 7) is 0.536. The van der Waals surface area contributed by atoms with E-state index in [1.807, 2.05) is 30.3 Å². The zero-order valence-corrected chi connectivity index (χ0v) is 13.3. The lowest BCUT2D eigenvalue weighted by Crippen LogP contribution is -2.07. The van der Waals surface area contributed by atoms with Crippen molar-refractivity contribution >= 4 is 49.0 Å². The molecule has 1 aromatic carbocycles. The molecule has 0 fully saturated rings. The number of halogens is 2. The second-order valence-electron chi connectivity index (χ2n) is 3.61. The molecule has 2 aromatic rings. The first-order valence-electron chi connectivity index (χ1n) is 5.26. The Morgan fingerprint density at radius 1 is 1.17 bits per heavy atom. The minimum Gasteiger partial charge on any atom is -0.369 e. The van der Waals surface area contributed by atoms with E-state index >= 15 is 0 Å². The van der Waals surface area contributed by atoms with Gasteiger partial charge >= 0.3 is 0 Å². The Balaban J connectivity index is 1.86. The van der Waals surface area contributed by atoms with E-state index in [1.54, 1.807) is 6.07 Å². The predicted octanol–water partition coefficient (Wildman–Crippen LogP) is 4.67. The number of rotatable bonds is 5. The fraction of sp³-hybridized carbons (Fsp3) is 0.154. The molecule has 0 saturated carbocycles. The van der Waals surface area contributed by atoms with E-state index in [-0.39, 0.29) is 12.4 Å². The number of ether oxygens (including phenoxy) is 1. The van der Waals surface area contributed by atoms with Crippen LogP contribution < -0.4 is 0 Å². The van der Waals surface area contributed by atoms with Crippen LogP contribution in [-0.2, 0) is 11.3 Å². The Bertz CT molecular complexity index is 551. The number of carbonyl (C=O) groups excluding carboxylic acids is 1. The number of thiophene rings is 1. The van der Waals surface area contributed by atoms with Crippen LogP contribution in [0.15, 0.2) is 44.7 Å². The second-order valence-corrected chi connectivity index (χ2v) is 6.93. The molecule has 2 nitrogen and oxygen atoms in total.